The van der Waals surface area contributed by atoms with E-state index in [9.17, 15) is 0 Å². The summed E-state index contributed by atoms with van der Waals surface area (Å²) in [5, 5.41) is 0. The molecule has 0 unspecified atom stereocenters. The van der Waals surface area contributed by atoms with Crippen LogP contribution in [0.1, 0.15) is 43.7 Å². The van der Waals surface area contributed by atoms with E-state index >= 15 is 0 Å². The summed E-state index contributed by atoms with van der Waals surface area (Å²) in [5.74, 6) is 0.678. The Hall–Kier alpha value is -1.51. The van der Waals surface area contributed by atoms with Crippen molar-refractivity contribution in [2.45, 2.75) is 45.1 Å². The van der Waals surface area contributed by atoms with Gasteiger partial charge in [-0.05, 0) is 37.5 Å². The third-order valence-electron chi connectivity index (χ3n) is 3.81. The molecule has 0 atom stereocenters. The van der Waals surface area contributed by atoms with Gasteiger partial charge >= 0.3 is 0 Å². The van der Waals surface area contributed by atoms with E-state index < -0.39 is 0 Å². The molecule has 0 bridgehead atoms. The van der Waals surface area contributed by atoms with E-state index in [2.05, 4.69) is 34.7 Å². The normalized spacial score (nSPS) is 17.7. The lowest BCUT2D eigenvalue weighted by atomic mass is 9.95. The zero-order valence-corrected chi connectivity index (χ0v) is 10.3. The predicted molar refractivity (Wildman–Crippen MR) is 71.0 cm³/mol. The van der Waals surface area contributed by atoms with Crippen LogP contribution >= 0.6 is 0 Å². The van der Waals surface area contributed by atoms with Gasteiger partial charge in [-0.25, -0.2) is 4.98 Å². The van der Waals surface area contributed by atoms with Crippen LogP contribution in [0.25, 0.3) is 11.0 Å². The van der Waals surface area contributed by atoms with Crippen LogP contribution in [-0.2, 0) is 0 Å². The SMILES string of the molecule is Cc1ccc2nc(N)n(C3CCCCC3)c2c1. The minimum atomic E-state index is 0.551. The predicted octanol–water partition coefficient (Wildman–Crippen LogP) is 3.43. The topological polar surface area (TPSA) is 43.8 Å². The molecule has 1 fully saturated rings. The van der Waals surface area contributed by atoms with Gasteiger partial charge in [-0.1, -0.05) is 25.3 Å². The summed E-state index contributed by atoms with van der Waals surface area (Å²) in [6, 6.07) is 6.92. The van der Waals surface area contributed by atoms with Crippen molar-refractivity contribution in [2.24, 2.45) is 0 Å². The fraction of sp³-hybridized carbons (Fsp3) is 0.500. The molecule has 3 nitrogen and oxygen atoms in total. The molecule has 0 amide bonds. The summed E-state index contributed by atoms with van der Waals surface area (Å²) in [4.78, 5) is 4.47. The maximum Gasteiger partial charge on any atom is 0.201 e. The summed E-state index contributed by atoms with van der Waals surface area (Å²) in [6.07, 6.45) is 6.47. The Morgan fingerprint density at radius 1 is 1.24 bits per heavy atom. The number of fused-ring (bicyclic) bond motifs is 1. The largest absolute Gasteiger partial charge is 0.369 e. The molecular formula is C14H19N3. The van der Waals surface area contributed by atoms with Crippen molar-refractivity contribution in [3.8, 4) is 0 Å². The second kappa shape index (κ2) is 4.06. The van der Waals surface area contributed by atoms with E-state index in [1.54, 1.807) is 0 Å². The quantitative estimate of drug-likeness (QED) is 0.814. The first kappa shape index (κ1) is 10.6. The van der Waals surface area contributed by atoms with E-state index in [1.807, 2.05) is 0 Å². The summed E-state index contributed by atoms with van der Waals surface area (Å²) in [6.45, 7) is 2.12. The smallest absolute Gasteiger partial charge is 0.201 e. The van der Waals surface area contributed by atoms with Crippen LogP contribution in [-0.4, -0.2) is 9.55 Å². The molecule has 0 aliphatic heterocycles. The van der Waals surface area contributed by atoms with Crippen molar-refractivity contribution < 1.29 is 0 Å². The zero-order chi connectivity index (χ0) is 11.8. The van der Waals surface area contributed by atoms with Crippen LogP contribution < -0.4 is 5.73 Å². The van der Waals surface area contributed by atoms with Crippen molar-refractivity contribution in [2.75, 3.05) is 5.73 Å². The molecule has 90 valence electrons. The summed E-state index contributed by atoms with van der Waals surface area (Å²) >= 11 is 0. The van der Waals surface area contributed by atoms with Gasteiger partial charge in [0.15, 0.2) is 0 Å². The van der Waals surface area contributed by atoms with Crippen molar-refractivity contribution >= 4 is 17.0 Å². The molecule has 1 aliphatic rings. The second-order valence-corrected chi connectivity index (χ2v) is 5.12. The molecule has 0 radical (unpaired) electrons. The molecule has 1 heterocycles. The molecule has 1 aromatic carbocycles. The Labute approximate surface area is 102 Å². The molecule has 1 aromatic heterocycles. The zero-order valence-electron chi connectivity index (χ0n) is 10.3. The molecular weight excluding hydrogens is 210 g/mol. The number of benzene rings is 1. The highest BCUT2D eigenvalue weighted by atomic mass is 15.2. The molecule has 0 saturated heterocycles. The fourth-order valence-corrected chi connectivity index (χ4v) is 2.94. The second-order valence-electron chi connectivity index (χ2n) is 5.12. The maximum absolute atomic E-state index is 6.09. The first-order chi connectivity index (χ1) is 8.25. The van der Waals surface area contributed by atoms with E-state index in [1.165, 1.54) is 43.2 Å². The molecule has 2 aromatic rings. The molecule has 1 saturated carbocycles. The van der Waals surface area contributed by atoms with Crippen molar-refractivity contribution in [3.63, 3.8) is 0 Å². The molecule has 0 spiro atoms. The minimum absolute atomic E-state index is 0.551. The van der Waals surface area contributed by atoms with Gasteiger partial charge in [-0.3, -0.25) is 0 Å². The molecule has 1 aliphatic carbocycles. The Balaban J connectivity index is 2.13. The van der Waals surface area contributed by atoms with Gasteiger partial charge < -0.3 is 10.3 Å². The highest BCUT2D eigenvalue weighted by Crippen LogP contribution is 2.33. The average Bonchev–Trinajstić information content (AvgIpc) is 2.65. The van der Waals surface area contributed by atoms with Gasteiger partial charge in [0, 0.05) is 6.04 Å². The van der Waals surface area contributed by atoms with Crippen LogP contribution in [0.15, 0.2) is 18.2 Å². The van der Waals surface area contributed by atoms with Crippen LogP contribution in [0.2, 0.25) is 0 Å². The molecule has 2 N–H and O–H groups in total. The summed E-state index contributed by atoms with van der Waals surface area (Å²) in [5.41, 5.74) is 9.59. The number of nitrogen functional groups attached to an aromatic ring is 1. The number of aryl methyl sites for hydroxylation is 1. The van der Waals surface area contributed by atoms with E-state index in [4.69, 9.17) is 5.73 Å². The van der Waals surface area contributed by atoms with Gasteiger partial charge in [0.05, 0.1) is 11.0 Å². The van der Waals surface area contributed by atoms with E-state index in [0.717, 1.165) is 5.52 Å². The number of nitrogens with zero attached hydrogens (tertiary/aromatic N) is 2. The third-order valence-corrected chi connectivity index (χ3v) is 3.81. The van der Waals surface area contributed by atoms with Crippen LogP contribution in [0.4, 0.5) is 5.95 Å². The highest BCUT2D eigenvalue weighted by Gasteiger charge is 2.20. The molecule has 17 heavy (non-hydrogen) atoms. The van der Waals surface area contributed by atoms with Gasteiger partial charge in [-0.2, -0.15) is 0 Å². The Bertz CT molecular complexity index is 536. The lowest BCUT2D eigenvalue weighted by molar-refractivity contribution is 0.363. The van der Waals surface area contributed by atoms with Crippen molar-refractivity contribution in [1.82, 2.24) is 9.55 Å². The monoisotopic (exact) mass is 229 g/mol. The minimum Gasteiger partial charge on any atom is -0.369 e. The van der Waals surface area contributed by atoms with E-state index in [-0.39, 0.29) is 0 Å². The highest BCUT2D eigenvalue weighted by molar-refractivity contribution is 5.79. The molecule has 3 rings (SSSR count). The standard InChI is InChI=1S/C14H19N3/c1-10-7-8-12-13(9-10)17(14(15)16-12)11-5-3-2-4-6-11/h7-9,11H,2-6H2,1H3,(H2,15,16). The van der Waals surface area contributed by atoms with Crippen LogP contribution in [0.3, 0.4) is 0 Å². The lowest BCUT2D eigenvalue weighted by Crippen LogP contribution is -2.14. The van der Waals surface area contributed by atoms with Crippen LogP contribution in [0, 0.1) is 6.92 Å². The molecule has 3 heteroatoms. The van der Waals surface area contributed by atoms with Crippen molar-refractivity contribution in [3.05, 3.63) is 23.8 Å². The first-order valence-corrected chi connectivity index (χ1v) is 6.50. The summed E-state index contributed by atoms with van der Waals surface area (Å²) < 4.78 is 2.25. The van der Waals surface area contributed by atoms with Gasteiger partial charge in [-0.15, -0.1) is 0 Å². The van der Waals surface area contributed by atoms with Gasteiger partial charge in [0.25, 0.3) is 0 Å². The Morgan fingerprint density at radius 2 is 2.00 bits per heavy atom. The first-order valence-electron chi connectivity index (χ1n) is 6.50. The lowest BCUT2D eigenvalue weighted by Gasteiger charge is -2.24. The maximum atomic E-state index is 6.09. The average molecular weight is 229 g/mol. The van der Waals surface area contributed by atoms with Crippen LogP contribution in [0.5, 0.6) is 0 Å². The number of imidazole rings is 1. The summed E-state index contributed by atoms with van der Waals surface area (Å²) in [7, 11) is 0. The third kappa shape index (κ3) is 1.79. The number of nitrogens with two attached hydrogens (primary N) is 1. The Kier molecular flexibility index (Phi) is 2.54. The van der Waals surface area contributed by atoms with E-state index in [0.29, 0.717) is 12.0 Å². The fourth-order valence-electron chi connectivity index (χ4n) is 2.94. The number of aromatic nitrogens is 2. The van der Waals surface area contributed by atoms with Crippen molar-refractivity contribution in [1.29, 1.82) is 0 Å². The number of hydrogen-bond acceptors (Lipinski definition) is 2. The number of hydrogen-bond donors (Lipinski definition) is 1. The Morgan fingerprint density at radius 3 is 2.76 bits per heavy atom. The van der Waals surface area contributed by atoms with Gasteiger partial charge in [0.2, 0.25) is 5.95 Å². The number of rotatable bonds is 1. The van der Waals surface area contributed by atoms with Gasteiger partial charge in [0.1, 0.15) is 0 Å². The number of anilines is 1.